The van der Waals surface area contributed by atoms with Crippen LogP contribution in [-0.2, 0) is 26.2 Å². The first kappa shape index (κ1) is 28.0. The van der Waals surface area contributed by atoms with E-state index in [1.807, 2.05) is 73.8 Å². The van der Waals surface area contributed by atoms with E-state index in [0.717, 1.165) is 78.5 Å². The van der Waals surface area contributed by atoms with Gasteiger partial charge in [-0.1, -0.05) is 24.3 Å². The van der Waals surface area contributed by atoms with E-state index in [-0.39, 0.29) is 0 Å². The lowest BCUT2D eigenvalue weighted by Gasteiger charge is -2.34. The van der Waals surface area contributed by atoms with Crippen LogP contribution in [0.2, 0.25) is 0 Å². The average Bonchev–Trinajstić information content (AvgIpc) is 3.00. The van der Waals surface area contributed by atoms with Crippen LogP contribution in [-0.4, -0.2) is 91.9 Å². The molecule has 0 amide bonds. The molecule has 4 aromatic rings. The maximum Gasteiger partial charge on any atom is 0.0312 e. The first-order valence-corrected chi connectivity index (χ1v) is 14.3. The third kappa shape index (κ3) is 9.27. The molecule has 1 aliphatic rings. The standard InChI is InChI=1S/C32H40N8/c1-5-29(21-33-9-1)25-37-13-15-38(26-30-6-2-10-34-22-30)17-19-40(28-32-8-4-12-36-24-32)20-18-39(16-14-37)27-31-7-3-11-35-23-31/h1-12,21-24H,13-20,25-28H2. The van der Waals surface area contributed by atoms with Crippen LogP contribution in [0.4, 0.5) is 0 Å². The first-order chi connectivity index (χ1) is 19.8. The summed E-state index contributed by atoms with van der Waals surface area (Å²) in [5.74, 6) is 0. The van der Waals surface area contributed by atoms with E-state index in [1.165, 1.54) is 22.3 Å². The van der Waals surface area contributed by atoms with Crippen LogP contribution in [0.3, 0.4) is 0 Å². The van der Waals surface area contributed by atoms with E-state index in [9.17, 15) is 0 Å². The van der Waals surface area contributed by atoms with Gasteiger partial charge in [-0.3, -0.25) is 39.5 Å². The fourth-order valence-electron chi connectivity index (χ4n) is 5.21. The summed E-state index contributed by atoms with van der Waals surface area (Å²) in [4.78, 5) is 27.8. The highest BCUT2D eigenvalue weighted by Crippen LogP contribution is 2.12. The van der Waals surface area contributed by atoms with Crippen molar-refractivity contribution in [3.8, 4) is 0 Å². The second-order valence-corrected chi connectivity index (χ2v) is 10.5. The maximum atomic E-state index is 4.37. The molecule has 0 bridgehead atoms. The predicted molar refractivity (Wildman–Crippen MR) is 158 cm³/mol. The Labute approximate surface area is 238 Å². The van der Waals surface area contributed by atoms with Crippen LogP contribution < -0.4 is 0 Å². The van der Waals surface area contributed by atoms with Crippen molar-refractivity contribution < 1.29 is 0 Å². The fourth-order valence-corrected chi connectivity index (χ4v) is 5.21. The molecular weight excluding hydrogens is 496 g/mol. The third-order valence-corrected chi connectivity index (χ3v) is 7.45. The summed E-state index contributed by atoms with van der Waals surface area (Å²) in [6.45, 7) is 11.6. The molecule has 5 heterocycles. The molecule has 0 saturated carbocycles. The molecule has 0 N–H and O–H groups in total. The van der Waals surface area contributed by atoms with Gasteiger partial charge in [0.2, 0.25) is 0 Å². The summed E-state index contributed by atoms with van der Waals surface area (Å²) in [6.07, 6.45) is 15.4. The number of aromatic nitrogens is 4. The van der Waals surface area contributed by atoms with E-state index >= 15 is 0 Å². The molecule has 0 aromatic carbocycles. The second kappa shape index (κ2) is 15.3. The van der Waals surface area contributed by atoms with E-state index in [4.69, 9.17) is 0 Å². The molecule has 0 aliphatic carbocycles. The average molecular weight is 537 g/mol. The normalized spacial score (nSPS) is 17.2. The van der Waals surface area contributed by atoms with Crippen LogP contribution in [0.1, 0.15) is 22.3 Å². The molecule has 5 rings (SSSR count). The van der Waals surface area contributed by atoms with Gasteiger partial charge in [0.15, 0.2) is 0 Å². The minimum atomic E-state index is 0.905. The Bertz CT molecular complexity index is 1010. The van der Waals surface area contributed by atoms with Gasteiger partial charge < -0.3 is 0 Å². The van der Waals surface area contributed by atoms with Gasteiger partial charge in [-0.2, -0.15) is 0 Å². The number of hydrogen-bond acceptors (Lipinski definition) is 8. The quantitative estimate of drug-likeness (QED) is 0.339. The third-order valence-electron chi connectivity index (χ3n) is 7.45. The number of rotatable bonds is 8. The molecule has 1 fully saturated rings. The Morgan fingerprint density at radius 1 is 0.375 bits per heavy atom. The van der Waals surface area contributed by atoms with E-state index in [0.29, 0.717) is 0 Å². The minimum absolute atomic E-state index is 0.905. The van der Waals surface area contributed by atoms with E-state index in [1.54, 1.807) is 0 Å². The van der Waals surface area contributed by atoms with Gasteiger partial charge in [-0.05, 0) is 46.5 Å². The summed E-state index contributed by atoms with van der Waals surface area (Å²) in [5.41, 5.74) is 5.04. The summed E-state index contributed by atoms with van der Waals surface area (Å²) < 4.78 is 0. The number of pyridine rings is 4. The molecule has 0 unspecified atom stereocenters. The Balaban J connectivity index is 1.34. The van der Waals surface area contributed by atoms with Gasteiger partial charge in [0.1, 0.15) is 0 Å². The van der Waals surface area contributed by atoms with Crippen LogP contribution in [0.15, 0.2) is 98.1 Å². The lowest BCUT2D eigenvalue weighted by atomic mass is 10.2. The van der Waals surface area contributed by atoms with Gasteiger partial charge in [-0.25, -0.2) is 0 Å². The lowest BCUT2D eigenvalue weighted by molar-refractivity contribution is 0.122. The van der Waals surface area contributed by atoms with Gasteiger partial charge in [-0.15, -0.1) is 0 Å². The predicted octanol–water partition coefficient (Wildman–Crippen LogP) is 3.59. The molecule has 1 aliphatic heterocycles. The van der Waals surface area contributed by atoms with Crippen molar-refractivity contribution in [2.75, 3.05) is 52.4 Å². The van der Waals surface area contributed by atoms with Gasteiger partial charge in [0.05, 0.1) is 0 Å². The van der Waals surface area contributed by atoms with E-state index in [2.05, 4.69) is 63.8 Å². The van der Waals surface area contributed by atoms with Crippen molar-refractivity contribution >= 4 is 0 Å². The van der Waals surface area contributed by atoms with Gasteiger partial charge in [0.25, 0.3) is 0 Å². The molecular formula is C32H40N8. The lowest BCUT2D eigenvalue weighted by Crippen LogP contribution is -2.45. The minimum Gasteiger partial charge on any atom is -0.296 e. The maximum absolute atomic E-state index is 4.37. The highest BCUT2D eigenvalue weighted by atomic mass is 15.3. The zero-order valence-electron chi connectivity index (χ0n) is 23.3. The summed E-state index contributed by atoms with van der Waals surface area (Å²) in [6, 6.07) is 16.9. The Kier molecular flexibility index (Phi) is 10.7. The highest BCUT2D eigenvalue weighted by molar-refractivity contribution is 5.11. The van der Waals surface area contributed by atoms with Crippen molar-refractivity contribution in [2.24, 2.45) is 0 Å². The zero-order chi connectivity index (χ0) is 27.2. The van der Waals surface area contributed by atoms with Crippen LogP contribution in [0, 0.1) is 0 Å². The molecule has 8 nitrogen and oxygen atoms in total. The largest absolute Gasteiger partial charge is 0.296 e. The Morgan fingerprint density at radius 2 is 0.600 bits per heavy atom. The zero-order valence-corrected chi connectivity index (χ0v) is 23.3. The van der Waals surface area contributed by atoms with Gasteiger partial charge >= 0.3 is 0 Å². The molecule has 0 atom stereocenters. The van der Waals surface area contributed by atoms with Crippen molar-refractivity contribution in [3.05, 3.63) is 120 Å². The summed E-state index contributed by atoms with van der Waals surface area (Å²) >= 11 is 0. The van der Waals surface area contributed by atoms with E-state index < -0.39 is 0 Å². The van der Waals surface area contributed by atoms with Crippen molar-refractivity contribution in [1.29, 1.82) is 0 Å². The SMILES string of the molecule is c1cncc(CN2CCN(Cc3cccnc3)CCN(Cc3cccnc3)CCN(Cc3cccnc3)CC2)c1. The second-order valence-electron chi connectivity index (χ2n) is 10.5. The Morgan fingerprint density at radius 3 is 0.775 bits per heavy atom. The highest BCUT2D eigenvalue weighted by Gasteiger charge is 2.18. The summed E-state index contributed by atoms with van der Waals surface area (Å²) in [5, 5.41) is 0. The first-order valence-electron chi connectivity index (χ1n) is 14.3. The van der Waals surface area contributed by atoms with Gasteiger partial charge in [0, 0.05) is 128 Å². The smallest absolute Gasteiger partial charge is 0.0312 e. The Hall–Kier alpha value is -3.56. The summed E-state index contributed by atoms with van der Waals surface area (Å²) in [7, 11) is 0. The molecule has 208 valence electrons. The number of hydrogen-bond donors (Lipinski definition) is 0. The molecule has 0 spiro atoms. The van der Waals surface area contributed by atoms with Crippen LogP contribution in [0.5, 0.6) is 0 Å². The molecule has 1 saturated heterocycles. The van der Waals surface area contributed by atoms with Crippen molar-refractivity contribution in [3.63, 3.8) is 0 Å². The molecule has 4 aromatic heterocycles. The fraction of sp³-hybridized carbons (Fsp3) is 0.375. The topological polar surface area (TPSA) is 64.5 Å². The monoisotopic (exact) mass is 536 g/mol. The molecule has 0 radical (unpaired) electrons. The van der Waals surface area contributed by atoms with Crippen LogP contribution in [0.25, 0.3) is 0 Å². The number of nitrogens with zero attached hydrogens (tertiary/aromatic N) is 8. The van der Waals surface area contributed by atoms with Crippen molar-refractivity contribution in [2.45, 2.75) is 26.2 Å². The van der Waals surface area contributed by atoms with Crippen molar-refractivity contribution in [1.82, 2.24) is 39.5 Å². The van der Waals surface area contributed by atoms with Crippen LogP contribution >= 0.6 is 0 Å². The molecule has 40 heavy (non-hydrogen) atoms. The molecule has 8 heteroatoms.